The number of cyclic esters (lactones) is 1. The highest BCUT2D eigenvalue weighted by molar-refractivity contribution is 5.82. The SMILES string of the molecule is CC(=C/C=C/C(C)=C/[C@H](O)CC[C@H](C)O)C=C(C)/C=C/C(=O)O[C@H]1CCCC(=O)O[C@@H]([C@@H](C)CN=[N+]=[N-])C/C=C/C[C@@H]1C. The Morgan fingerprint density at radius 3 is 2.53 bits per heavy atom. The number of hydrogen-bond donors (Lipinski definition) is 2. The summed E-state index contributed by atoms with van der Waals surface area (Å²) < 4.78 is 11.5. The van der Waals surface area contributed by atoms with Crippen molar-refractivity contribution >= 4 is 11.9 Å². The number of esters is 2. The molecule has 238 valence electrons. The van der Waals surface area contributed by atoms with Gasteiger partial charge in [-0.05, 0) is 77.2 Å². The molecule has 0 unspecified atom stereocenters. The van der Waals surface area contributed by atoms with Crippen LogP contribution >= 0.6 is 0 Å². The Balaban J connectivity index is 2.73. The minimum Gasteiger partial charge on any atom is -0.462 e. The summed E-state index contributed by atoms with van der Waals surface area (Å²) in [7, 11) is 0. The zero-order valence-corrected chi connectivity index (χ0v) is 26.7. The number of hydrogen-bond acceptors (Lipinski definition) is 7. The van der Waals surface area contributed by atoms with Crippen molar-refractivity contribution in [3.63, 3.8) is 0 Å². The highest BCUT2D eigenvalue weighted by atomic mass is 16.5. The van der Waals surface area contributed by atoms with Gasteiger partial charge in [0.25, 0.3) is 0 Å². The van der Waals surface area contributed by atoms with Crippen LogP contribution in [0.5, 0.6) is 0 Å². The van der Waals surface area contributed by atoms with Crippen molar-refractivity contribution in [1.29, 1.82) is 0 Å². The second kappa shape index (κ2) is 21.3. The number of allylic oxidation sites excluding steroid dienone is 9. The van der Waals surface area contributed by atoms with Crippen LogP contribution in [0.2, 0.25) is 0 Å². The largest absolute Gasteiger partial charge is 0.462 e. The van der Waals surface area contributed by atoms with E-state index in [-0.39, 0.29) is 43.0 Å². The minimum atomic E-state index is -0.586. The highest BCUT2D eigenvalue weighted by Crippen LogP contribution is 2.22. The molecular formula is C34H51N3O6. The van der Waals surface area contributed by atoms with E-state index in [1.165, 1.54) is 6.08 Å². The average molecular weight is 598 g/mol. The fourth-order valence-electron chi connectivity index (χ4n) is 4.56. The molecule has 0 spiro atoms. The Morgan fingerprint density at radius 2 is 1.84 bits per heavy atom. The van der Waals surface area contributed by atoms with E-state index in [0.717, 1.165) is 23.1 Å². The van der Waals surface area contributed by atoms with Gasteiger partial charge in [0.15, 0.2) is 0 Å². The van der Waals surface area contributed by atoms with Gasteiger partial charge in [-0.1, -0.05) is 84.3 Å². The third-order valence-electron chi connectivity index (χ3n) is 7.16. The first kappa shape index (κ1) is 37.6. The third kappa shape index (κ3) is 18.0. The van der Waals surface area contributed by atoms with Crippen LogP contribution in [0.25, 0.3) is 10.4 Å². The molecule has 1 aliphatic rings. The Labute approximate surface area is 257 Å². The smallest absolute Gasteiger partial charge is 0.331 e. The standard InChI is InChI=1S/C34H51N3O6/c1-24(11-9-12-25(2)22-30(39)19-18-29(6)38)21-26(3)17-20-34(41)42-31-15-10-16-33(40)43-32(28(5)23-36-37-35)14-8-7-13-27(31)4/h7-9,11-12,17,20-22,27-32,38-39H,10,13-16,18-19,23H2,1-6H3/b8-7+,12-9+,20-17+,24-11?,25-22+,26-21?/t27-,28-,29-,30+,31-,32+/m0/s1. The number of nitrogens with zero attached hydrogens (tertiary/aromatic N) is 3. The zero-order chi connectivity index (χ0) is 32.2. The first-order valence-electron chi connectivity index (χ1n) is 15.2. The lowest BCUT2D eigenvalue weighted by atomic mass is 9.94. The van der Waals surface area contributed by atoms with Crippen molar-refractivity contribution in [2.24, 2.45) is 17.0 Å². The maximum atomic E-state index is 12.7. The average Bonchev–Trinajstić information content (AvgIpc) is 2.93. The van der Waals surface area contributed by atoms with Crippen molar-refractivity contribution in [3.05, 3.63) is 81.8 Å². The maximum absolute atomic E-state index is 12.7. The Morgan fingerprint density at radius 1 is 1.12 bits per heavy atom. The van der Waals surface area contributed by atoms with Gasteiger partial charge < -0.3 is 19.7 Å². The summed E-state index contributed by atoms with van der Waals surface area (Å²) in [5.41, 5.74) is 11.4. The van der Waals surface area contributed by atoms with Gasteiger partial charge in [-0.2, -0.15) is 0 Å². The van der Waals surface area contributed by atoms with E-state index in [9.17, 15) is 19.8 Å². The lowest BCUT2D eigenvalue weighted by Gasteiger charge is -2.25. The third-order valence-corrected chi connectivity index (χ3v) is 7.16. The number of carbonyl (C=O) groups is 2. The number of ether oxygens (including phenoxy) is 2. The normalized spacial score (nSPS) is 24.3. The first-order chi connectivity index (χ1) is 20.4. The highest BCUT2D eigenvalue weighted by Gasteiger charge is 2.24. The summed E-state index contributed by atoms with van der Waals surface area (Å²) >= 11 is 0. The first-order valence-corrected chi connectivity index (χ1v) is 15.2. The van der Waals surface area contributed by atoms with Gasteiger partial charge in [0.1, 0.15) is 12.2 Å². The van der Waals surface area contributed by atoms with Gasteiger partial charge in [-0.15, -0.1) is 0 Å². The minimum absolute atomic E-state index is 0.0774. The maximum Gasteiger partial charge on any atom is 0.331 e. The van der Waals surface area contributed by atoms with Gasteiger partial charge in [0.2, 0.25) is 0 Å². The molecule has 9 nitrogen and oxygen atoms in total. The molecule has 1 rings (SSSR count). The quantitative estimate of drug-likeness (QED) is 0.0431. The lowest BCUT2D eigenvalue weighted by Crippen LogP contribution is -2.28. The van der Waals surface area contributed by atoms with E-state index in [4.69, 9.17) is 15.0 Å². The zero-order valence-electron chi connectivity index (χ0n) is 26.7. The van der Waals surface area contributed by atoms with E-state index in [0.29, 0.717) is 32.1 Å². The van der Waals surface area contributed by atoms with Gasteiger partial charge >= 0.3 is 11.9 Å². The van der Waals surface area contributed by atoms with E-state index in [1.807, 2.05) is 71.1 Å². The Kier molecular flexibility index (Phi) is 18.7. The molecule has 43 heavy (non-hydrogen) atoms. The van der Waals surface area contributed by atoms with E-state index in [2.05, 4.69) is 10.0 Å². The molecule has 9 heteroatoms. The summed E-state index contributed by atoms with van der Waals surface area (Å²) in [6.07, 6.45) is 18.6. The second-order valence-corrected chi connectivity index (χ2v) is 11.6. The molecule has 0 bridgehead atoms. The summed E-state index contributed by atoms with van der Waals surface area (Å²) in [5, 5.41) is 23.0. The van der Waals surface area contributed by atoms with Crippen LogP contribution in [-0.4, -0.2) is 53.1 Å². The summed E-state index contributed by atoms with van der Waals surface area (Å²) in [6.45, 7) is 11.7. The van der Waals surface area contributed by atoms with Crippen LogP contribution < -0.4 is 0 Å². The second-order valence-electron chi connectivity index (χ2n) is 11.6. The number of aliphatic hydroxyl groups excluding tert-OH is 2. The van der Waals surface area contributed by atoms with Crippen molar-refractivity contribution in [2.75, 3.05) is 6.54 Å². The molecular weight excluding hydrogens is 546 g/mol. The molecule has 0 saturated carbocycles. The summed E-state index contributed by atoms with van der Waals surface area (Å²) in [6, 6.07) is 0. The number of aliphatic hydroxyl groups is 2. The molecule has 0 amide bonds. The van der Waals surface area contributed by atoms with Crippen LogP contribution in [0.4, 0.5) is 0 Å². The molecule has 1 aliphatic heterocycles. The van der Waals surface area contributed by atoms with Gasteiger partial charge in [-0.25, -0.2) is 4.79 Å². The van der Waals surface area contributed by atoms with Crippen molar-refractivity contribution in [2.45, 2.75) is 111 Å². The van der Waals surface area contributed by atoms with Crippen molar-refractivity contribution in [3.8, 4) is 0 Å². The molecule has 0 fully saturated rings. The summed E-state index contributed by atoms with van der Waals surface area (Å²) in [5.74, 6) is -0.739. The van der Waals surface area contributed by atoms with Crippen molar-refractivity contribution in [1.82, 2.24) is 0 Å². The molecule has 6 atom stereocenters. The molecule has 0 aliphatic carbocycles. The van der Waals surface area contributed by atoms with Crippen LogP contribution in [0, 0.1) is 11.8 Å². The number of azide groups is 1. The molecule has 0 aromatic carbocycles. The topological polar surface area (TPSA) is 142 Å². The monoisotopic (exact) mass is 597 g/mol. The van der Waals surface area contributed by atoms with Crippen LogP contribution in [0.3, 0.4) is 0 Å². The van der Waals surface area contributed by atoms with E-state index in [1.54, 1.807) is 19.1 Å². The summed E-state index contributed by atoms with van der Waals surface area (Å²) in [4.78, 5) is 27.9. The van der Waals surface area contributed by atoms with E-state index >= 15 is 0 Å². The number of rotatable bonds is 13. The van der Waals surface area contributed by atoms with Crippen LogP contribution in [0.1, 0.15) is 86.5 Å². The molecule has 0 aromatic rings. The van der Waals surface area contributed by atoms with Crippen LogP contribution in [0.15, 0.2) is 76.5 Å². The fourth-order valence-corrected chi connectivity index (χ4v) is 4.56. The van der Waals surface area contributed by atoms with Gasteiger partial charge in [-0.3, -0.25) is 4.79 Å². The molecule has 1 heterocycles. The Bertz CT molecular complexity index is 1110. The molecule has 0 radical (unpaired) electrons. The predicted molar refractivity (Wildman–Crippen MR) is 171 cm³/mol. The Hall–Kier alpha value is -3.39. The van der Waals surface area contributed by atoms with E-state index < -0.39 is 18.2 Å². The lowest BCUT2D eigenvalue weighted by molar-refractivity contribution is -0.151. The fraction of sp³-hybridized carbons (Fsp3) is 0.588. The van der Waals surface area contributed by atoms with Crippen molar-refractivity contribution < 1.29 is 29.3 Å². The molecule has 0 aromatic heterocycles. The molecule has 0 saturated heterocycles. The number of carbonyl (C=O) groups excluding carboxylic acids is 2. The van der Waals surface area contributed by atoms with Gasteiger partial charge in [0, 0.05) is 30.4 Å². The molecule has 2 N–H and O–H groups in total. The predicted octanol–water partition coefficient (Wildman–Crippen LogP) is 7.39. The van der Waals surface area contributed by atoms with Gasteiger partial charge in [0.05, 0.1) is 12.2 Å². The van der Waals surface area contributed by atoms with Crippen LogP contribution in [-0.2, 0) is 19.1 Å².